The summed E-state index contributed by atoms with van der Waals surface area (Å²) in [6.45, 7) is 4.67. The second-order valence-electron chi connectivity index (χ2n) is 7.62. The smallest absolute Gasteiger partial charge is 0.407 e. The normalized spacial score (nSPS) is 13.2. The van der Waals surface area contributed by atoms with Crippen LogP contribution in [0.4, 0.5) is 4.79 Å². The molecule has 158 valence electrons. The van der Waals surface area contributed by atoms with Gasteiger partial charge in [-0.2, -0.15) is 5.01 Å². The van der Waals surface area contributed by atoms with Gasteiger partial charge in [-0.25, -0.2) is 4.79 Å². The fourth-order valence-corrected chi connectivity index (χ4v) is 2.50. The lowest BCUT2D eigenvalue weighted by molar-refractivity contribution is -0.281. The number of aromatic nitrogens is 1. The Bertz CT molecular complexity index is 791. The van der Waals surface area contributed by atoms with E-state index in [1.54, 1.807) is 45.2 Å². The summed E-state index contributed by atoms with van der Waals surface area (Å²) in [5.74, 6) is 3.24. The standard InChI is InChI=1S/C20H28N4O5/c1-19(2,3)29-18(26)23-12-16(25)13-24(21)20(27,28)15-9-7-14(8-10-15)17-6-4-5-11-22-17/h4-11,16,25,27-28H,12-13,21H2,1-3H3,(H,23,26). The molecule has 2 rings (SSSR count). The van der Waals surface area contributed by atoms with Gasteiger partial charge in [0.25, 0.3) is 5.91 Å². The molecular weight excluding hydrogens is 376 g/mol. The van der Waals surface area contributed by atoms with Gasteiger partial charge < -0.3 is 25.4 Å². The SMILES string of the molecule is CC(C)(C)OC(=O)NCC(O)CN(N)C(O)(O)c1ccc(-c2ccccn2)cc1. The van der Waals surface area contributed by atoms with E-state index < -0.39 is 23.7 Å². The lowest BCUT2D eigenvalue weighted by Crippen LogP contribution is -2.54. The minimum Gasteiger partial charge on any atom is -0.444 e. The van der Waals surface area contributed by atoms with E-state index in [1.807, 2.05) is 12.1 Å². The molecule has 29 heavy (non-hydrogen) atoms. The van der Waals surface area contributed by atoms with Crippen LogP contribution in [0.25, 0.3) is 11.3 Å². The van der Waals surface area contributed by atoms with Crippen molar-refractivity contribution in [1.82, 2.24) is 15.3 Å². The van der Waals surface area contributed by atoms with Gasteiger partial charge in [0.05, 0.1) is 11.8 Å². The van der Waals surface area contributed by atoms with Crippen molar-refractivity contribution in [3.8, 4) is 11.3 Å². The van der Waals surface area contributed by atoms with Crippen molar-refractivity contribution in [3.63, 3.8) is 0 Å². The quantitative estimate of drug-likeness (QED) is 0.260. The fraction of sp³-hybridized carbons (Fsp3) is 0.400. The molecule has 1 aromatic heterocycles. The second kappa shape index (κ2) is 9.29. The van der Waals surface area contributed by atoms with Crippen molar-refractivity contribution in [2.45, 2.75) is 38.4 Å². The highest BCUT2D eigenvalue weighted by Crippen LogP contribution is 2.24. The molecule has 0 aliphatic rings. The molecule has 2 aromatic rings. The molecule has 0 bridgehead atoms. The van der Waals surface area contributed by atoms with Crippen LogP contribution in [-0.4, -0.2) is 56.2 Å². The number of rotatable bonds is 7. The maximum absolute atomic E-state index is 11.6. The first kappa shape index (κ1) is 22.7. The van der Waals surface area contributed by atoms with Gasteiger partial charge in [-0.15, -0.1) is 0 Å². The first-order valence-corrected chi connectivity index (χ1v) is 9.13. The Morgan fingerprint density at radius 1 is 1.21 bits per heavy atom. The summed E-state index contributed by atoms with van der Waals surface area (Å²) in [5.41, 5.74) is 0.998. The van der Waals surface area contributed by atoms with Crippen molar-refractivity contribution >= 4 is 6.09 Å². The molecule has 1 amide bonds. The average Bonchev–Trinajstić information content (AvgIpc) is 2.66. The molecule has 1 atom stereocenters. The zero-order valence-electron chi connectivity index (χ0n) is 16.7. The first-order chi connectivity index (χ1) is 13.5. The van der Waals surface area contributed by atoms with Crippen LogP contribution in [0.5, 0.6) is 0 Å². The van der Waals surface area contributed by atoms with Gasteiger partial charge in [0.1, 0.15) is 5.60 Å². The van der Waals surface area contributed by atoms with Crippen molar-refractivity contribution < 1.29 is 24.9 Å². The summed E-state index contributed by atoms with van der Waals surface area (Å²) in [4.78, 5) is 15.9. The number of pyridine rings is 1. The Kier molecular flexibility index (Phi) is 7.28. The van der Waals surface area contributed by atoms with E-state index in [2.05, 4.69) is 10.3 Å². The largest absolute Gasteiger partial charge is 0.444 e. The third-order valence-corrected chi connectivity index (χ3v) is 3.92. The summed E-state index contributed by atoms with van der Waals surface area (Å²) in [5, 5.41) is 34.0. The van der Waals surface area contributed by atoms with Crippen LogP contribution in [0.2, 0.25) is 0 Å². The van der Waals surface area contributed by atoms with E-state index in [4.69, 9.17) is 10.6 Å². The average molecular weight is 404 g/mol. The summed E-state index contributed by atoms with van der Waals surface area (Å²) < 4.78 is 5.07. The van der Waals surface area contributed by atoms with E-state index in [9.17, 15) is 20.1 Å². The highest BCUT2D eigenvalue weighted by molar-refractivity contribution is 5.67. The predicted octanol–water partition coefficient (Wildman–Crippen LogP) is 0.905. The number of ether oxygens (including phenoxy) is 1. The molecule has 9 nitrogen and oxygen atoms in total. The van der Waals surface area contributed by atoms with E-state index in [1.165, 1.54) is 12.1 Å². The molecule has 6 N–H and O–H groups in total. The third-order valence-electron chi connectivity index (χ3n) is 3.92. The maximum atomic E-state index is 11.6. The van der Waals surface area contributed by atoms with Crippen molar-refractivity contribution in [2.24, 2.45) is 5.84 Å². The minimum atomic E-state index is -2.52. The molecule has 0 fully saturated rings. The van der Waals surface area contributed by atoms with Gasteiger partial charge in [-0.05, 0) is 32.9 Å². The lowest BCUT2D eigenvalue weighted by atomic mass is 10.1. The molecule has 1 unspecified atom stereocenters. The molecule has 0 aliphatic carbocycles. The number of nitrogens with two attached hydrogens (primary N) is 1. The van der Waals surface area contributed by atoms with Gasteiger partial charge in [-0.3, -0.25) is 10.8 Å². The van der Waals surface area contributed by atoms with Gasteiger partial charge in [0.15, 0.2) is 0 Å². The van der Waals surface area contributed by atoms with E-state index >= 15 is 0 Å². The van der Waals surface area contributed by atoms with Crippen LogP contribution in [-0.2, 0) is 10.6 Å². The topological polar surface area (TPSA) is 141 Å². The lowest BCUT2D eigenvalue weighted by Gasteiger charge is -2.33. The number of nitrogens with one attached hydrogen (secondary N) is 1. The number of aliphatic hydroxyl groups excluding tert-OH is 1. The first-order valence-electron chi connectivity index (χ1n) is 9.13. The highest BCUT2D eigenvalue weighted by atomic mass is 16.6. The molecule has 0 saturated heterocycles. The van der Waals surface area contributed by atoms with Gasteiger partial charge in [-0.1, -0.05) is 30.3 Å². The zero-order chi connectivity index (χ0) is 21.7. The van der Waals surface area contributed by atoms with E-state index in [0.717, 1.165) is 11.3 Å². The van der Waals surface area contributed by atoms with Crippen molar-refractivity contribution in [2.75, 3.05) is 13.1 Å². The number of aliphatic hydroxyl groups is 3. The van der Waals surface area contributed by atoms with Crippen LogP contribution in [0, 0.1) is 0 Å². The predicted molar refractivity (Wildman–Crippen MR) is 107 cm³/mol. The van der Waals surface area contributed by atoms with Crippen molar-refractivity contribution in [3.05, 3.63) is 54.2 Å². The molecular formula is C20H28N4O5. The monoisotopic (exact) mass is 404 g/mol. The van der Waals surface area contributed by atoms with Crippen LogP contribution >= 0.6 is 0 Å². The number of alkyl carbamates (subject to hydrolysis) is 1. The Balaban J connectivity index is 1.95. The molecule has 1 aromatic carbocycles. The molecule has 1 heterocycles. The zero-order valence-corrected chi connectivity index (χ0v) is 16.7. The number of hydrazine groups is 1. The number of carbonyl (C=O) groups excluding carboxylic acids is 1. The number of carbonyl (C=O) groups is 1. The number of benzene rings is 1. The number of amides is 1. The fourth-order valence-electron chi connectivity index (χ4n) is 2.50. The Morgan fingerprint density at radius 3 is 2.41 bits per heavy atom. The van der Waals surface area contributed by atoms with Crippen molar-refractivity contribution in [1.29, 1.82) is 0 Å². The number of hydrogen-bond donors (Lipinski definition) is 5. The molecule has 0 spiro atoms. The van der Waals surface area contributed by atoms with E-state index in [0.29, 0.717) is 5.01 Å². The van der Waals surface area contributed by atoms with Gasteiger partial charge in [0, 0.05) is 30.4 Å². The Labute approximate surface area is 169 Å². The minimum absolute atomic E-state index is 0.118. The highest BCUT2D eigenvalue weighted by Gasteiger charge is 2.33. The summed E-state index contributed by atoms with van der Waals surface area (Å²) in [6, 6.07) is 11.9. The number of nitrogens with zero attached hydrogens (tertiary/aromatic N) is 2. The molecule has 9 heteroatoms. The van der Waals surface area contributed by atoms with Crippen LogP contribution in [0.3, 0.4) is 0 Å². The van der Waals surface area contributed by atoms with Gasteiger partial charge >= 0.3 is 6.09 Å². The van der Waals surface area contributed by atoms with Crippen LogP contribution < -0.4 is 11.2 Å². The third kappa shape index (κ3) is 6.77. The molecule has 0 saturated carbocycles. The second-order valence-corrected chi connectivity index (χ2v) is 7.62. The summed E-state index contributed by atoms with van der Waals surface area (Å²) >= 11 is 0. The Hall–Kier alpha value is -2.56. The number of hydrogen-bond acceptors (Lipinski definition) is 8. The maximum Gasteiger partial charge on any atom is 0.407 e. The summed E-state index contributed by atoms with van der Waals surface area (Å²) in [6.07, 6.45) is -0.177. The molecule has 0 radical (unpaired) electrons. The summed E-state index contributed by atoms with van der Waals surface area (Å²) in [7, 11) is 0. The van der Waals surface area contributed by atoms with E-state index in [-0.39, 0.29) is 18.7 Å². The molecule has 0 aliphatic heterocycles. The van der Waals surface area contributed by atoms with Gasteiger partial charge in [0.2, 0.25) is 0 Å². The van der Waals surface area contributed by atoms with Crippen LogP contribution in [0.1, 0.15) is 26.3 Å². The Morgan fingerprint density at radius 2 is 1.86 bits per heavy atom. The van der Waals surface area contributed by atoms with Crippen LogP contribution in [0.15, 0.2) is 48.7 Å².